The Morgan fingerprint density at radius 3 is 2.54 bits per heavy atom. The second-order valence-electron chi connectivity index (χ2n) is 11.6. The Balaban J connectivity index is 1.20. The summed E-state index contributed by atoms with van der Waals surface area (Å²) in [5.74, 6) is -2.11. The van der Waals surface area contributed by atoms with Gasteiger partial charge in [0.2, 0.25) is 11.9 Å². The zero-order chi connectivity index (χ0) is 32.9. The summed E-state index contributed by atoms with van der Waals surface area (Å²) < 4.78 is 67.4. The van der Waals surface area contributed by atoms with Gasteiger partial charge in [0.05, 0.1) is 12.1 Å². The average Bonchev–Trinajstić information content (AvgIpc) is 3.60. The first kappa shape index (κ1) is 33.0. The van der Waals surface area contributed by atoms with Crippen LogP contribution in [0.5, 0.6) is 0 Å². The molecule has 1 aliphatic carbocycles. The summed E-state index contributed by atoms with van der Waals surface area (Å²) in [7, 11) is 0. The third-order valence-electron chi connectivity index (χ3n) is 8.44. The number of carbonyl (C=O) groups is 1. The van der Waals surface area contributed by atoms with E-state index in [9.17, 15) is 18.0 Å². The minimum Gasteiger partial charge on any atom is -0.362 e. The van der Waals surface area contributed by atoms with Crippen LogP contribution in [0.3, 0.4) is 0 Å². The lowest BCUT2D eigenvalue weighted by atomic mass is 9.97. The second kappa shape index (κ2) is 14.0. The van der Waals surface area contributed by atoms with Crippen molar-refractivity contribution in [2.24, 2.45) is 5.92 Å². The molecule has 14 heteroatoms. The predicted molar refractivity (Wildman–Crippen MR) is 163 cm³/mol. The maximum absolute atomic E-state index is 15.0. The molecule has 0 radical (unpaired) electrons. The van der Waals surface area contributed by atoms with Gasteiger partial charge in [-0.15, -0.1) is 0 Å². The number of halogens is 4. The molecule has 1 aliphatic heterocycles. The summed E-state index contributed by atoms with van der Waals surface area (Å²) in [5.41, 5.74) is 0.314. The molecule has 10 nitrogen and oxygen atoms in total. The Bertz CT molecular complexity index is 1570. The summed E-state index contributed by atoms with van der Waals surface area (Å²) in [4.78, 5) is 21.3. The fraction of sp³-hybridized carbons (Fsp3) is 0.469. The number of amides is 1. The minimum atomic E-state index is -4.50. The highest BCUT2D eigenvalue weighted by atomic mass is 19.4. The molecule has 5 rings (SSSR count). The molecule has 3 heterocycles. The van der Waals surface area contributed by atoms with Gasteiger partial charge in [0, 0.05) is 42.5 Å². The van der Waals surface area contributed by atoms with Gasteiger partial charge in [-0.2, -0.15) is 13.2 Å². The van der Waals surface area contributed by atoms with E-state index in [2.05, 4.69) is 31.1 Å². The lowest BCUT2D eigenvalue weighted by Gasteiger charge is -2.26. The largest absolute Gasteiger partial charge is 0.401 e. The first-order valence-electron chi connectivity index (χ1n) is 15.4. The standard InChI is InChI=1S/C32H37F4N7O3/c1-3-7-22-15-31(22,32(34,35)36)26-14-27(43-46-26)42-28(44)13-20-10-9-19(12-23(20)33)21-17-38-30(39-18-21)41-25(16-37)24(4-2)40-29-8-5-6-11-45-29/h9-10,12,14,16-18,22,29,37,40H,3-8,11,13,15H2,1-2H3,(H,38,39,41)(H,42,43,44)/b25-24+,37-16?. The number of nitrogens with one attached hydrogen (secondary N) is 4. The summed E-state index contributed by atoms with van der Waals surface area (Å²) in [5, 5.41) is 20.3. The highest BCUT2D eigenvalue weighted by Gasteiger charge is 2.73. The third-order valence-corrected chi connectivity index (χ3v) is 8.44. The van der Waals surface area contributed by atoms with Gasteiger partial charge in [-0.25, -0.2) is 14.4 Å². The predicted octanol–water partition coefficient (Wildman–Crippen LogP) is 6.87. The Morgan fingerprint density at radius 2 is 1.91 bits per heavy atom. The van der Waals surface area contributed by atoms with Gasteiger partial charge in [-0.3, -0.25) is 4.79 Å². The van der Waals surface area contributed by atoms with Crippen LogP contribution in [0, 0.1) is 17.1 Å². The molecule has 2 aliphatic rings. The van der Waals surface area contributed by atoms with Crippen molar-refractivity contribution in [2.75, 3.05) is 17.2 Å². The number of rotatable bonds is 13. The quantitative estimate of drug-likeness (QED) is 0.117. The zero-order valence-corrected chi connectivity index (χ0v) is 25.6. The molecule has 3 atom stereocenters. The van der Waals surface area contributed by atoms with Crippen LogP contribution in [-0.4, -0.2) is 46.3 Å². The van der Waals surface area contributed by atoms with Gasteiger partial charge in [0.25, 0.3) is 0 Å². The zero-order valence-electron chi connectivity index (χ0n) is 25.6. The van der Waals surface area contributed by atoms with Crippen molar-refractivity contribution < 1.29 is 31.6 Å². The summed E-state index contributed by atoms with van der Waals surface area (Å²) in [6, 6.07) is 5.42. The molecule has 1 amide bonds. The second-order valence-corrected chi connectivity index (χ2v) is 11.6. The van der Waals surface area contributed by atoms with Crippen LogP contribution in [0.25, 0.3) is 11.1 Å². The van der Waals surface area contributed by atoms with Crippen molar-refractivity contribution in [3.05, 3.63) is 65.2 Å². The van der Waals surface area contributed by atoms with E-state index in [-0.39, 0.29) is 42.2 Å². The molecule has 2 fully saturated rings. The van der Waals surface area contributed by atoms with Crippen molar-refractivity contribution in [2.45, 2.75) is 83.0 Å². The van der Waals surface area contributed by atoms with Crippen molar-refractivity contribution in [1.82, 2.24) is 20.4 Å². The summed E-state index contributed by atoms with van der Waals surface area (Å²) in [6.45, 7) is 4.48. The van der Waals surface area contributed by atoms with Crippen molar-refractivity contribution in [3.63, 3.8) is 0 Å². The number of aromatic nitrogens is 3. The molecule has 3 aromatic rings. The molecule has 2 aromatic heterocycles. The fourth-order valence-electron chi connectivity index (χ4n) is 5.87. The minimum absolute atomic E-state index is 0.0793. The first-order chi connectivity index (χ1) is 22.1. The van der Waals surface area contributed by atoms with Crippen molar-refractivity contribution in [1.29, 1.82) is 5.41 Å². The monoisotopic (exact) mass is 643 g/mol. The van der Waals surface area contributed by atoms with Crippen LogP contribution in [-0.2, 0) is 21.4 Å². The summed E-state index contributed by atoms with van der Waals surface area (Å²) in [6.07, 6.45) is 3.80. The molecular formula is C32H37F4N7O3. The van der Waals surface area contributed by atoms with Gasteiger partial charge in [0.1, 0.15) is 17.5 Å². The number of anilines is 2. The van der Waals surface area contributed by atoms with Crippen LogP contribution in [0.15, 0.2) is 52.6 Å². The van der Waals surface area contributed by atoms with Gasteiger partial charge >= 0.3 is 6.18 Å². The van der Waals surface area contributed by atoms with Gasteiger partial charge in [0.15, 0.2) is 11.6 Å². The van der Waals surface area contributed by atoms with Crippen LogP contribution >= 0.6 is 0 Å². The number of ether oxygens (including phenoxy) is 1. The molecule has 246 valence electrons. The lowest BCUT2D eigenvalue weighted by molar-refractivity contribution is -0.169. The number of alkyl halides is 3. The maximum atomic E-state index is 15.0. The smallest absolute Gasteiger partial charge is 0.362 e. The normalized spacial score (nSPS) is 21.7. The van der Waals surface area contributed by atoms with Crippen LogP contribution in [0.1, 0.15) is 70.1 Å². The van der Waals surface area contributed by atoms with E-state index in [1.54, 1.807) is 6.07 Å². The van der Waals surface area contributed by atoms with E-state index in [4.69, 9.17) is 14.7 Å². The number of nitrogens with zero attached hydrogens (tertiary/aromatic N) is 3. The maximum Gasteiger partial charge on any atom is 0.401 e. The lowest BCUT2D eigenvalue weighted by Crippen LogP contribution is -2.35. The molecule has 4 N–H and O–H groups in total. The number of benzene rings is 1. The van der Waals surface area contributed by atoms with E-state index in [1.165, 1.54) is 30.7 Å². The fourth-order valence-corrected chi connectivity index (χ4v) is 5.87. The van der Waals surface area contributed by atoms with Crippen LogP contribution < -0.4 is 16.0 Å². The molecule has 1 aromatic carbocycles. The molecule has 46 heavy (non-hydrogen) atoms. The Morgan fingerprint density at radius 1 is 1.13 bits per heavy atom. The van der Waals surface area contributed by atoms with Crippen molar-refractivity contribution >= 4 is 23.9 Å². The highest BCUT2D eigenvalue weighted by molar-refractivity contribution is 5.91. The molecule has 1 saturated carbocycles. The van der Waals surface area contributed by atoms with E-state index in [0.717, 1.165) is 31.0 Å². The third kappa shape index (κ3) is 7.22. The van der Waals surface area contributed by atoms with Gasteiger partial charge in [-0.05, 0) is 61.6 Å². The topological polar surface area (TPSA) is 138 Å². The number of carbonyl (C=O) groups excluding carboxylic acids is 1. The van der Waals surface area contributed by atoms with Gasteiger partial charge < -0.3 is 30.6 Å². The molecule has 1 saturated heterocycles. The van der Waals surface area contributed by atoms with E-state index >= 15 is 4.39 Å². The SMILES string of the molecule is CCCC1CC1(c1cc(NC(=O)Cc2ccc(-c3cnc(N/C(C=N)=C(\CC)NC4CCCCO4)nc3)cc2F)no1)C(F)(F)F. The van der Waals surface area contributed by atoms with Gasteiger partial charge in [-0.1, -0.05) is 37.6 Å². The Kier molecular flexibility index (Phi) is 10.0. The number of hydrogen-bond donors (Lipinski definition) is 4. The number of hydrogen-bond acceptors (Lipinski definition) is 9. The van der Waals surface area contributed by atoms with Crippen LogP contribution in [0.4, 0.5) is 29.3 Å². The molecule has 0 spiro atoms. The van der Waals surface area contributed by atoms with Crippen molar-refractivity contribution in [3.8, 4) is 11.1 Å². The van der Waals surface area contributed by atoms with E-state index in [1.807, 2.05) is 13.8 Å². The molecule has 3 unspecified atom stereocenters. The summed E-state index contributed by atoms with van der Waals surface area (Å²) >= 11 is 0. The highest BCUT2D eigenvalue weighted by Crippen LogP contribution is 2.65. The van der Waals surface area contributed by atoms with E-state index < -0.39 is 29.2 Å². The Labute approximate surface area is 263 Å². The van der Waals surface area contributed by atoms with Crippen LogP contribution in [0.2, 0.25) is 0 Å². The molecular weight excluding hydrogens is 606 g/mol. The van der Waals surface area contributed by atoms with E-state index in [0.29, 0.717) is 42.7 Å². The average molecular weight is 644 g/mol. The number of allylic oxidation sites excluding steroid dienone is 2. The first-order valence-corrected chi connectivity index (χ1v) is 15.4. The molecule has 0 bridgehead atoms. The Hall–Kier alpha value is -4.33.